The van der Waals surface area contributed by atoms with E-state index in [-0.39, 0.29) is 55.7 Å². The van der Waals surface area contributed by atoms with Gasteiger partial charge in [0, 0.05) is 42.7 Å². The van der Waals surface area contributed by atoms with Crippen molar-refractivity contribution in [3.8, 4) is 0 Å². The van der Waals surface area contributed by atoms with Crippen LogP contribution in [-0.4, -0.2) is 79.4 Å². The lowest BCUT2D eigenvalue weighted by Gasteiger charge is -2.34. The number of hydrogen-bond acceptors (Lipinski definition) is 6. The van der Waals surface area contributed by atoms with E-state index >= 15 is 0 Å². The maximum Gasteiger partial charge on any atom is 0.419 e. The Labute approximate surface area is 250 Å². The van der Waals surface area contributed by atoms with Gasteiger partial charge in [0.05, 0.1) is 12.1 Å². The largest absolute Gasteiger partial charge is 0.419 e. The van der Waals surface area contributed by atoms with Gasteiger partial charge >= 0.3 is 6.18 Å². The minimum Gasteiger partial charge on any atom is -0.353 e. The highest BCUT2D eigenvalue weighted by atomic mass is 32.2. The molecular weight excluding hydrogens is 606 g/mol. The minimum atomic E-state index is -4.93. The fraction of sp³-hybridized carbons (Fsp3) is 0.379. The molecule has 3 amide bonds. The molecule has 0 unspecified atom stereocenters. The fourth-order valence-corrected chi connectivity index (χ4v) is 6.76. The van der Waals surface area contributed by atoms with E-state index in [2.05, 4.69) is 15.6 Å². The Kier molecular flexibility index (Phi) is 8.14. The zero-order chi connectivity index (χ0) is 32.0. The second-order valence-electron chi connectivity index (χ2n) is 11.0. The number of rotatable bonds is 5. The molecule has 2 aromatic carbocycles. The van der Waals surface area contributed by atoms with Crippen LogP contribution in [0.5, 0.6) is 0 Å². The van der Waals surface area contributed by atoms with Crippen molar-refractivity contribution in [1.29, 1.82) is 0 Å². The summed E-state index contributed by atoms with van der Waals surface area (Å²) in [6.45, 7) is 4.08. The summed E-state index contributed by atoms with van der Waals surface area (Å²) in [4.78, 5) is 43.3. The van der Waals surface area contributed by atoms with Gasteiger partial charge in [-0.25, -0.2) is 12.8 Å². The smallest absolute Gasteiger partial charge is 0.353 e. The van der Waals surface area contributed by atoms with Crippen molar-refractivity contribution in [3.05, 3.63) is 74.9 Å². The Balaban J connectivity index is 1.28. The highest BCUT2D eigenvalue weighted by Gasteiger charge is 2.47. The van der Waals surface area contributed by atoms with Crippen molar-refractivity contribution in [1.82, 2.24) is 19.8 Å². The van der Waals surface area contributed by atoms with Gasteiger partial charge in [-0.2, -0.15) is 17.5 Å². The summed E-state index contributed by atoms with van der Waals surface area (Å²) in [5, 5.41) is 6.19. The average molecular weight is 636 g/mol. The van der Waals surface area contributed by atoms with Gasteiger partial charge in [-0.05, 0) is 79.8 Å². The Bertz CT molecular complexity index is 1690. The molecule has 2 saturated heterocycles. The zero-order valence-electron chi connectivity index (χ0n) is 23.8. The number of alkyl halides is 3. The lowest BCUT2D eigenvalue weighted by molar-refractivity contribution is -0.140. The number of piperazine rings is 1. The molecule has 0 bridgehead atoms. The number of halogens is 4. The number of carbonyl (C=O) groups is 3. The van der Waals surface area contributed by atoms with Crippen LogP contribution in [0.1, 0.15) is 51.0 Å². The quantitative estimate of drug-likeness (QED) is 0.489. The number of nitrogens with one attached hydrogen (secondary N) is 2. The summed E-state index contributed by atoms with van der Waals surface area (Å²) in [6.07, 6.45) is -3.51. The molecule has 3 heterocycles. The number of benzene rings is 2. The van der Waals surface area contributed by atoms with E-state index in [9.17, 15) is 40.4 Å². The van der Waals surface area contributed by atoms with Gasteiger partial charge in [-0.3, -0.25) is 19.4 Å². The van der Waals surface area contributed by atoms with Crippen LogP contribution in [0.25, 0.3) is 6.08 Å². The molecule has 0 aliphatic carbocycles. The number of amidine groups is 1. The predicted octanol–water partition coefficient (Wildman–Crippen LogP) is 2.75. The van der Waals surface area contributed by atoms with Crippen molar-refractivity contribution >= 4 is 39.7 Å². The molecule has 10 nitrogen and oxygen atoms in total. The zero-order valence-corrected chi connectivity index (χ0v) is 24.6. The number of aliphatic imine (C=N–C) groups is 1. The monoisotopic (exact) mass is 635 g/mol. The maximum atomic E-state index is 13.7. The number of carbonyl (C=O) groups excluding carboxylic acids is 3. The van der Waals surface area contributed by atoms with Gasteiger partial charge in [0.2, 0.25) is 15.9 Å². The van der Waals surface area contributed by atoms with Crippen molar-refractivity contribution in [2.24, 2.45) is 4.99 Å². The fourth-order valence-electron chi connectivity index (χ4n) is 5.59. The molecule has 2 aromatic rings. The number of amides is 3. The second kappa shape index (κ2) is 11.4. The van der Waals surface area contributed by atoms with E-state index in [1.54, 1.807) is 26.0 Å². The molecule has 234 valence electrons. The van der Waals surface area contributed by atoms with E-state index in [1.165, 1.54) is 15.3 Å². The standard InChI is InChI=1S/C29H29F4N5O5S/c1-17-13-20(26(40)37-11-8-34-24(39)16-37)14-18(2)21(17)5-12-44(42,43)38-9-6-28(7-10-38)27(41)35-25(36-28)19-3-4-23(30)22(15-19)29(31,32)33/h3-5,12-15H,6-11,16H2,1-2H3,(H,34,39)(H,35,36,41)/b12-5+. The maximum absolute atomic E-state index is 13.7. The first-order valence-corrected chi connectivity index (χ1v) is 15.2. The summed E-state index contributed by atoms with van der Waals surface area (Å²) in [7, 11) is -3.93. The first-order chi connectivity index (χ1) is 20.6. The minimum absolute atomic E-state index is 0.00782. The topological polar surface area (TPSA) is 128 Å². The number of aryl methyl sites for hydroxylation is 2. The highest BCUT2D eigenvalue weighted by Crippen LogP contribution is 2.35. The Morgan fingerprint density at radius 2 is 1.70 bits per heavy atom. The molecule has 5 rings (SSSR count). The number of hydrogen-bond donors (Lipinski definition) is 2. The van der Waals surface area contributed by atoms with Gasteiger partial charge in [-0.1, -0.05) is 0 Å². The third kappa shape index (κ3) is 6.11. The molecule has 2 N–H and O–H groups in total. The average Bonchev–Trinajstić information content (AvgIpc) is 3.26. The molecule has 3 aliphatic rings. The van der Waals surface area contributed by atoms with Crippen LogP contribution in [0, 0.1) is 19.7 Å². The molecule has 15 heteroatoms. The van der Waals surface area contributed by atoms with Crippen molar-refractivity contribution in [3.63, 3.8) is 0 Å². The summed E-state index contributed by atoms with van der Waals surface area (Å²) in [6, 6.07) is 5.61. The lowest BCUT2D eigenvalue weighted by atomic mass is 9.89. The highest BCUT2D eigenvalue weighted by molar-refractivity contribution is 7.92. The van der Waals surface area contributed by atoms with E-state index in [4.69, 9.17) is 0 Å². The van der Waals surface area contributed by atoms with E-state index in [0.29, 0.717) is 47.5 Å². The molecule has 0 radical (unpaired) electrons. The first kappa shape index (κ1) is 31.3. The predicted molar refractivity (Wildman–Crippen MR) is 152 cm³/mol. The summed E-state index contributed by atoms with van der Waals surface area (Å²) in [5.74, 6) is -2.68. The first-order valence-electron chi connectivity index (χ1n) is 13.7. The van der Waals surface area contributed by atoms with Gasteiger partial charge in [0.25, 0.3) is 11.8 Å². The second-order valence-corrected chi connectivity index (χ2v) is 12.8. The molecule has 0 aromatic heterocycles. The van der Waals surface area contributed by atoms with Crippen LogP contribution >= 0.6 is 0 Å². The summed E-state index contributed by atoms with van der Waals surface area (Å²) in [5.41, 5.74) is -0.624. The number of piperidine rings is 1. The van der Waals surface area contributed by atoms with Gasteiger partial charge in [-0.15, -0.1) is 0 Å². The SMILES string of the molecule is Cc1cc(C(=O)N2CCNC(=O)C2)cc(C)c1/C=C/S(=O)(=O)N1CCC2(CC1)N=C(c1ccc(F)c(C(F)(F)F)c1)NC2=O. The molecule has 0 saturated carbocycles. The van der Waals surface area contributed by atoms with E-state index in [0.717, 1.165) is 11.5 Å². The van der Waals surface area contributed by atoms with Crippen molar-refractivity contribution in [2.75, 3.05) is 32.7 Å². The number of nitrogens with zero attached hydrogens (tertiary/aromatic N) is 3. The third-order valence-corrected chi connectivity index (χ3v) is 9.57. The molecule has 0 atom stereocenters. The van der Waals surface area contributed by atoms with E-state index in [1.807, 2.05) is 0 Å². The molecule has 2 fully saturated rings. The van der Waals surface area contributed by atoms with Crippen LogP contribution in [0.15, 0.2) is 40.7 Å². The Morgan fingerprint density at radius 3 is 2.32 bits per heavy atom. The Morgan fingerprint density at radius 1 is 1.05 bits per heavy atom. The van der Waals surface area contributed by atoms with Crippen LogP contribution in [-0.2, 0) is 25.8 Å². The lowest BCUT2D eigenvalue weighted by Crippen LogP contribution is -2.50. The Hall–Kier alpha value is -4.11. The third-order valence-electron chi connectivity index (χ3n) is 8.01. The summed E-state index contributed by atoms with van der Waals surface area (Å²) >= 11 is 0. The molecule has 3 aliphatic heterocycles. The van der Waals surface area contributed by atoms with Crippen LogP contribution in [0.3, 0.4) is 0 Å². The van der Waals surface area contributed by atoms with Crippen LogP contribution in [0.4, 0.5) is 17.6 Å². The normalized spacial score (nSPS) is 19.3. The summed E-state index contributed by atoms with van der Waals surface area (Å²) < 4.78 is 80.8. The van der Waals surface area contributed by atoms with Gasteiger partial charge < -0.3 is 15.5 Å². The van der Waals surface area contributed by atoms with Crippen LogP contribution < -0.4 is 10.6 Å². The van der Waals surface area contributed by atoms with Crippen molar-refractivity contribution in [2.45, 2.75) is 38.4 Å². The van der Waals surface area contributed by atoms with Crippen LogP contribution in [0.2, 0.25) is 0 Å². The molecular formula is C29H29F4N5O5S. The number of sulfonamides is 1. The van der Waals surface area contributed by atoms with Gasteiger partial charge in [0.1, 0.15) is 17.2 Å². The van der Waals surface area contributed by atoms with E-state index < -0.39 is 39.0 Å². The van der Waals surface area contributed by atoms with Gasteiger partial charge in [0.15, 0.2) is 0 Å². The van der Waals surface area contributed by atoms with Crippen molar-refractivity contribution < 1.29 is 40.4 Å². The molecule has 44 heavy (non-hydrogen) atoms. The molecule has 1 spiro atoms.